The maximum absolute atomic E-state index is 5.95. The minimum Gasteiger partial charge on any atom is -0.486 e. The molecule has 4 rings (SSSR count). The van der Waals surface area contributed by atoms with Crippen molar-refractivity contribution in [3.8, 4) is 22.8 Å². The Kier molecular flexibility index (Phi) is 5.84. The molecule has 1 aromatic heterocycles. The van der Waals surface area contributed by atoms with E-state index < -0.39 is 0 Å². The number of rotatable bonds is 3. The molecular weight excluding hydrogens is 388 g/mol. The van der Waals surface area contributed by atoms with Gasteiger partial charge in [0.15, 0.2) is 11.5 Å². The van der Waals surface area contributed by atoms with Gasteiger partial charge in [-0.1, -0.05) is 45.0 Å². The van der Waals surface area contributed by atoms with Crippen LogP contribution >= 0.6 is 12.4 Å². The van der Waals surface area contributed by atoms with E-state index in [0.717, 1.165) is 28.4 Å². The lowest BCUT2D eigenvalue weighted by Gasteiger charge is -2.19. The molecule has 152 valence electrons. The molecule has 3 aromatic rings. The van der Waals surface area contributed by atoms with E-state index in [2.05, 4.69) is 60.3 Å². The van der Waals surface area contributed by atoms with Gasteiger partial charge < -0.3 is 20.5 Å². The SMILES string of the molecule is CC(C)(C)c1ccc(-c2cc(Nc3ccc4c(c3)OCCO4)nc(N)n2)cc1.Cl. The molecule has 3 N–H and O–H groups in total. The molecule has 2 aromatic carbocycles. The Morgan fingerprint density at radius 3 is 2.28 bits per heavy atom. The number of ether oxygens (including phenoxy) is 2. The molecule has 0 bridgehead atoms. The summed E-state index contributed by atoms with van der Waals surface area (Å²) in [7, 11) is 0. The van der Waals surface area contributed by atoms with Crippen LogP contribution in [0.15, 0.2) is 48.5 Å². The predicted molar refractivity (Wildman–Crippen MR) is 119 cm³/mol. The van der Waals surface area contributed by atoms with Gasteiger partial charge in [0, 0.05) is 23.4 Å². The molecule has 1 aliphatic rings. The zero-order valence-electron chi connectivity index (χ0n) is 16.7. The van der Waals surface area contributed by atoms with Gasteiger partial charge >= 0.3 is 0 Å². The maximum atomic E-state index is 5.95. The fraction of sp³-hybridized carbons (Fsp3) is 0.273. The maximum Gasteiger partial charge on any atom is 0.222 e. The van der Waals surface area contributed by atoms with Crippen LogP contribution in [-0.4, -0.2) is 23.2 Å². The molecule has 0 saturated carbocycles. The molecule has 0 atom stereocenters. The molecule has 0 radical (unpaired) electrons. The molecule has 6 nitrogen and oxygen atoms in total. The number of aromatic nitrogens is 2. The highest BCUT2D eigenvalue weighted by Gasteiger charge is 2.15. The standard InChI is InChI=1S/C22H24N4O2.ClH/c1-22(2,3)15-6-4-14(5-7-15)17-13-20(26-21(23)25-17)24-16-8-9-18-19(12-16)28-11-10-27-18;/h4-9,12-13H,10-11H2,1-3H3,(H3,23,24,25,26);1H. The van der Waals surface area contributed by atoms with Crippen LogP contribution in [0.2, 0.25) is 0 Å². The van der Waals surface area contributed by atoms with Crippen molar-refractivity contribution in [2.45, 2.75) is 26.2 Å². The Morgan fingerprint density at radius 2 is 1.59 bits per heavy atom. The smallest absolute Gasteiger partial charge is 0.222 e. The number of hydrogen-bond donors (Lipinski definition) is 2. The third-order valence-corrected chi connectivity index (χ3v) is 4.60. The summed E-state index contributed by atoms with van der Waals surface area (Å²) < 4.78 is 11.2. The van der Waals surface area contributed by atoms with Crippen molar-refractivity contribution in [1.82, 2.24) is 9.97 Å². The van der Waals surface area contributed by atoms with E-state index in [0.29, 0.717) is 19.0 Å². The number of nitrogens with zero attached hydrogens (tertiary/aromatic N) is 2. The average molecular weight is 413 g/mol. The number of benzene rings is 2. The van der Waals surface area contributed by atoms with Crippen molar-refractivity contribution in [2.24, 2.45) is 0 Å². The highest BCUT2D eigenvalue weighted by molar-refractivity contribution is 5.85. The highest BCUT2D eigenvalue weighted by Crippen LogP contribution is 2.34. The van der Waals surface area contributed by atoms with E-state index in [1.165, 1.54) is 5.56 Å². The topological polar surface area (TPSA) is 82.3 Å². The summed E-state index contributed by atoms with van der Waals surface area (Å²) >= 11 is 0. The molecule has 0 fully saturated rings. The van der Waals surface area contributed by atoms with Gasteiger partial charge in [-0.2, -0.15) is 4.98 Å². The molecule has 0 amide bonds. The Labute approximate surface area is 176 Å². The summed E-state index contributed by atoms with van der Waals surface area (Å²) in [5, 5.41) is 3.27. The summed E-state index contributed by atoms with van der Waals surface area (Å²) in [6.45, 7) is 7.70. The summed E-state index contributed by atoms with van der Waals surface area (Å²) in [5.74, 6) is 2.31. The second-order valence-corrected chi connectivity index (χ2v) is 7.81. The van der Waals surface area contributed by atoms with Gasteiger partial charge in [0.2, 0.25) is 5.95 Å². The first-order valence-electron chi connectivity index (χ1n) is 9.31. The zero-order valence-corrected chi connectivity index (χ0v) is 17.5. The summed E-state index contributed by atoms with van der Waals surface area (Å²) in [4.78, 5) is 8.70. The number of nitrogens with one attached hydrogen (secondary N) is 1. The molecule has 2 heterocycles. The Hall–Kier alpha value is -2.99. The van der Waals surface area contributed by atoms with Gasteiger partial charge in [-0.05, 0) is 23.1 Å². The zero-order chi connectivity index (χ0) is 19.7. The predicted octanol–water partition coefficient (Wildman–Crippen LogP) is 4.96. The van der Waals surface area contributed by atoms with Crippen molar-refractivity contribution < 1.29 is 9.47 Å². The summed E-state index contributed by atoms with van der Waals surface area (Å²) in [5.41, 5.74) is 9.94. The van der Waals surface area contributed by atoms with Gasteiger partial charge in [-0.25, -0.2) is 4.98 Å². The second kappa shape index (κ2) is 8.17. The molecule has 7 heteroatoms. The van der Waals surface area contributed by atoms with E-state index >= 15 is 0 Å². The largest absolute Gasteiger partial charge is 0.486 e. The van der Waals surface area contributed by atoms with E-state index in [4.69, 9.17) is 15.2 Å². The summed E-state index contributed by atoms with van der Waals surface area (Å²) in [6.07, 6.45) is 0. The minimum atomic E-state index is 0. The molecule has 1 aliphatic heterocycles. The lowest BCUT2D eigenvalue weighted by Crippen LogP contribution is -2.15. The number of halogens is 1. The average Bonchev–Trinajstić information content (AvgIpc) is 2.67. The Bertz CT molecular complexity index is 1000. The van der Waals surface area contributed by atoms with Gasteiger partial charge in [0.25, 0.3) is 0 Å². The fourth-order valence-corrected chi connectivity index (χ4v) is 3.09. The highest BCUT2D eigenvalue weighted by atomic mass is 35.5. The first-order valence-corrected chi connectivity index (χ1v) is 9.31. The quantitative estimate of drug-likeness (QED) is 0.632. The first kappa shape index (κ1) is 20.7. The van der Waals surface area contributed by atoms with Crippen LogP contribution in [0.1, 0.15) is 26.3 Å². The number of nitrogen functional groups attached to an aromatic ring is 1. The molecule has 0 aliphatic carbocycles. The monoisotopic (exact) mass is 412 g/mol. The van der Waals surface area contributed by atoms with E-state index in [-0.39, 0.29) is 23.8 Å². The van der Waals surface area contributed by atoms with Crippen molar-refractivity contribution in [1.29, 1.82) is 0 Å². The van der Waals surface area contributed by atoms with Crippen molar-refractivity contribution in [2.75, 3.05) is 24.3 Å². The number of hydrogen-bond acceptors (Lipinski definition) is 6. The van der Waals surface area contributed by atoms with Crippen LogP contribution in [0.3, 0.4) is 0 Å². The van der Waals surface area contributed by atoms with Gasteiger partial charge in [-0.15, -0.1) is 12.4 Å². The summed E-state index contributed by atoms with van der Waals surface area (Å²) in [6, 6.07) is 16.0. The molecular formula is C22H25ClN4O2. The van der Waals surface area contributed by atoms with Gasteiger partial charge in [0.05, 0.1) is 5.69 Å². The molecule has 29 heavy (non-hydrogen) atoms. The number of nitrogens with two attached hydrogens (primary N) is 1. The number of anilines is 3. The van der Waals surface area contributed by atoms with Crippen LogP contribution < -0.4 is 20.5 Å². The molecule has 0 spiro atoms. The van der Waals surface area contributed by atoms with Crippen LogP contribution in [0, 0.1) is 0 Å². The van der Waals surface area contributed by atoms with Crippen LogP contribution in [0.5, 0.6) is 11.5 Å². The minimum absolute atomic E-state index is 0. The van der Waals surface area contributed by atoms with Crippen molar-refractivity contribution >= 4 is 29.9 Å². The fourth-order valence-electron chi connectivity index (χ4n) is 3.09. The normalized spacial score (nSPS) is 12.8. The van der Waals surface area contributed by atoms with Gasteiger partial charge in [0.1, 0.15) is 19.0 Å². The molecule has 0 saturated heterocycles. The first-order chi connectivity index (χ1) is 13.4. The number of fused-ring (bicyclic) bond motifs is 1. The molecule has 0 unspecified atom stereocenters. The third kappa shape index (κ3) is 4.71. The van der Waals surface area contributed by atoms with Crippen molar-refractivity contribution in [3.05, 3.63) is 54.1 Å². The van der Waals surface area contributed by atoms with E-state index in [1.807, 2.05) is 24.3 Å². The Balaban J connectivity index is 0.00000240. The third-order valence-electron chi connectivity index (χ3n) is 4.60. The van der Waals surface area contributed by atoms with E-state index in [1.54, 1.807) is 0 Å². The van der Waals surface area contributed by atoms with E-state index in [9.17, 15) is 0 Å². The van der Waals surface area contributed by atoms with Crippen LogP contribution in [0.25, 0.3) is 11.3 Å². The Morgan fingerprint density at radius 1 is 0.897 bits per heavy atom. The van der Waals surface area contributed by atoms with Crippen LogP contribution in [0.4, 0.5) is 17.5 Å². The van der Waals surface area contributed by atoms with Crippen LogP contribution in [-0.2, 0) is 5.41 Å². The lowest BCUT2D eigenvalue weighted by atomic mass is 9.86. The van der Waals surface area contributed by atoms with Gasteiger partial charge in [-0.3, -0.25) is 0 Å². The second-order valence-electron chi connectivity index (χ2n) is 7.81. The van der Waals surface area contributed by atoms with Crippen molar-refractivity contribution in [3.63, 3.8) is 0 Å². The lowest BCUT2D eigenvalue weighted by molar-refractivity contribution is 0.171.